The minimum Gasteiger partial charge on any atom is -0.389 e. The molecule has 0 bridgehead atoms. The van der Waals surface area contributed by atoms with Gasteiger partial charge in [-0.25, -0.2) is 0 Å². The maximum absolute atomic E-state index is 9.17. The lowest BCUT2D eigenvalue weighted by atomic mass is 10.1. The van der Waals surface area contributed by atoms with E-state index in [0.717, 1.165) is 25.7 Å². The van der Waals surface area contributed by atoms with E-state index in [-0.39, 0.29) is 6.10 Å². The third-order valence-electron chi connectivity index (χ3n) is 2.06. The molecule has 62 valence electrons. The summed E-state index contributed by atoms with van der Waals surface area (Å²) in [4.78, 5) is 0. The summed E-state index contributed by atoms with van der Waals surface area (Å²) in [5.74, 6) is 0. The summed E-state index contributed by atoms with van der Waals surface area (Å²) in [6.07, 6.45) is 5.98. The molecule has 0 saturated carbocycles. The van der Waals surface area contributed by atoms with Crippen LogP contribution in [0, 0.1) is 0 Å². The molecule has 1 heteroatoms. The molecule has 1 nitrogen and oxygen atoms in total. The Labute approximate surface area is 68.4 Å². The van der Waals surface area contributed by atoms with Crippen LogP contribution in [-0.4, -0.2) is 11.2 Å². The van der Waals surface area contributed by atoms with Crippen molar-refractivity contribution >= 4 is 0 Å². The van der Waals surface area contributed by atoms with Crippen molar-refractivity contribution in [3.8, 4) is 0 Å². The van der Waals surface area contributed by atoms with Gasteiger partial charge in [-0.15, -0.1) is 6.58 Å². The van der Waals surface area contributed by atoms with E-state index in [1.807, 2.05) is 13.0 Å². The molecule has 0 spiro atoms. The molecule has 1 aliphatic carbocycles. The molecule has 1 rings (SSSR count). The van der Waals surface area contributed by atoms with Gasteiger partial charge < -0.3 is 5.11 Å². The Balaban J connectivity index is 2.27. The van der Waals surface area contributed by atoms with E-state index in [1.54, 1.807) is 0 Å². The van der Waals surface area contributed by atoms with Gasteiger partial charge in [-0.1, -0.05) is 17.2 Å². The minimum absolute atomic E-state index is 0.171. The molecule has 1 N–H and O–H groups in total. The summed E-state index contributed by atoms with van der Waals surface area (Å²) in [6.45, 7) is 5.89. The minimum atomic E-state index is -0.171. The summed E-state index contributed by atoms with van der Waals surface area (Å²) in [5, 5.41) is 9.17. The van der Waals surface area contributed by atoms with Gasteiger partial charge in [0.05, 0.1) is 6.10 Å². The number of rotatable bonds is 3. The molecular formula is C10H16O. The van der Waals surface area contributed by atoms with Crippen LogP contribution in [0.2, 0.25) is 0 Å². The first-order chi connectivity index (χ1) is 5.18. The quantitative estimate of drug-likeness (QED) is 0.616. The van der Waals surface area contributed by atoms with Crippen LogP contribution < -0.4 is 0 Å². The van der Waals surface area contributed by atoms with Crippen molar-refractivity contribution in [2.45, 2.75) is 38.7 Å². The molecule has 0 aromatic heterocycles. The monoisotopic (exact) mass is 152 g/mol. The topological polar surface area (TPSA) is 20.2 Å². The number of hydrogen-bond acceptors (Lipinski definition) is 1. The van der Waals surface area contributed by atoms with Crippen molar-refractivity contribution in [3.05, 3.63) is 23.8 Å². The normalized spacial score (nSPS) is 23.5. The molecule has 0 amide bonds. The van der Waals surface area contributed by atoms with Crippen LogP contribution in [-0.2, 0) is 0 Å². The van der Waals surface area contributed by atoms with E-state index in [4.69, 9.17) is 5.11 Å². The van der Waals surface area contributed by atoms with Crippen molar-refractivity contribution in [3.63, 3.8) is 0 Å². The predicted octanol–water partition coefficient (Wildman–Crippen LogP) is 2.42. The second-order valence-electron chi connectivity index (χ2n) is 3.39. The fourth-order valence-electron chi connectivity index (χ4n) is 1.35. The fraction of sp³-hybridized carbons (Fsp3) is 0.600. The number of aliphatic hydroxyl groups is 1. The second-order valence-corrected chi connectivity index (χ2v) is 3.39. The predicted molar refractivity (Wildman–Crippen MR) is 47.4 cm³/mol. The molecule has 1 unspecified atom stereocenters. The second kappa shape index (κ2) is 3.72. The van der Waals surface area contributed by atoms with E-state index >= 15 is 0 Å². The van der Waals surface area contributed by atoms with Crippen LogP contribution in [0.1, 0.15) is 32.6 Å². The average molecular weight is 152 g/mol. The lowest BCUT2D eigenvalue weighted by molar-refractivity contribution is 0.223. The first-order valence-corrected chi connectivity index (χ1v) is 4.20. The van der Waals surface area contributed by atoms with Gasteiger partial charge in [-0.05, 0) is 32.6 Å². The maximum Gasteiger partial charge on any atom is 0.0726 e. The zero-order valence-corrected chi connectivity index (χ0v) is 7.14. The highest BCUT2D eigenvalue weighted by Gasteiger charge is 2.11. The Morgan fingerprint density at radius 3 is 3.00 bits per heavy atom. The molecule has 1 aliphatic rings. The Morgan fingerprint density at radius 1 is 1.82 bits per heavy atom. The summed E-state index contributed by atoms with van der Waals surface area (Å²) >= 11 is 0. The first-order valence-electron chi connectivity index (χ1n) is 4.20. The smallest absolute Gasteiger partial charge is 0.0726 e. The van der Waals surface area contributed by atoms with Gasteiger partial charge in [-0.2, -0.15) is 0 Å². The molecule has 0 heterocycles. The van der Waals surface area contributed by atoms with Gasteiger partial charge in [-0.3, -0.25) is 0 Å². The van der Waals surface area contributed by atoms with Crippen molar-refractivity contribution in [2.75, 3.05) is 0 Å². The third kappa shape index (κ3) is 2.89. The zero-order chi connectivity index (χ0) is 8.27. The molecule has 0 aromatic rings. The molecule has 0 saturated heterocycles. The zero-order valence-electron chi connectivity index (χ0n) is 7.14. The standard InChI is InChI=1S/C10H16O/c1-8(2)3-4-9-5-6-10(11)7-9/h7,10-11H,1,3-6H2,2H3. The molecule has 0 radical (unpaired) electrons. The molecule has 11 heavy (non-hydrogen) atoms. The Hall–Kier alpha value is -0.560. The summed E-state index contributed by atoms with van der Waals surface area (Å²) < 4.78 is 0. The van der Waals surface area contributed by atoms with Crippen molar-refractivity contribution in [1.82, 2.24) is 0 Å². The van der Waals surface area contributed by atoms with Crippen LogP contribution in [0.15, 0.2) is 23.8 Å². The van der Waals surface area contributed by atoms with Gasteiger partial charge in [0.1, 0.15) is 0 Å². The third-order valence-corrected chi connectivity index (χ3v) is 2.06. The molecule has 1 atom stereocenters. The lowest BCUT2D eigenvalue weighted by Gasteiger charge is -1.99. The van der Waals surface area contributed by atoms with E-state index in [9.17, 15) is 0 Å². The van der Waals surface area contributed by atoms with Crippen LogP contribution in [0.3, 0.4) is 0 Å². The highest BCUT2D eigenvalue weighted by Crippen LogP contribution is 2.23. The van der Waals surface area contributed by atoms with Crippen LogP contribution in [0.4, 0.5) is 0 Å². The number of aliphatic hydroxyl groups excluding tert-OH is 1. The maximum atomic E-state index is 9.17. The first kappa shape index (κ1) is 8.54. The van der Waals surface area contributed by atoms with Crippen LogP contribution in [0.25, 0.3) is 0 Å². The highest BCUT2D eigenvalue weighted by atomic mass is 16.3. The van der Waals surface area contributed by atoms with Gasteiger partial charge in [0.2, 0.25) is 0 Å². The van der Waals surface area contributed by atoms with E-state index in [1.165, 1.54) is 11.1 Å². The van der Waals surface area contributed by atoms with Gasteiger partial charge >= 0.3 is 0 Å². The summed E-state index contributed by atoms with van der Waals surface area (Å²) in [6, 6.07) is 0. The number of hydrogen-bond donors (Lipinski definition) is 1. The van der Waals surface area contributed by atoms with Gasteiger partial charge in [0.25, 0.3) is 0 Å². The number of allylic oxidation sites excluding steroid dienone is 2. The SMILES string of the molecule is C=C(C)CCC1=CC(O)CC1. The molecule has 0 fully saturated rings. The Morgan fingerprint density at radius 2 is 2.55 bits per heavy atom. The Bertz CT molecular complexity index is 179. The van der Waals surface area contributed by atoms with E-state index in [0.29, 0.717) is 0 Å². The van der Waals surface area contributed by atoms with Crippen molar-refractivity contribution in [1.29, 1.82) is 0 Å². The summed E-state index contributed by atoms with van der Waals surface area (Å²) in [5.41, 5.74) is 2.63. The van der Waals surface area contributed by atoms with Gasteiger partial charge in [0, 0.05) is 0 Å². The van der Waals surface area contributed by atoms with Crippen molar-refractivity contribution < 1.29 is 5.11 Å². The van der Waals surface area contributed by atoms with Crippen molar-refractivity contribution in [2.24, 2.45) is 0 Å². The van der Waals surface area contributed by atoms with E-state index in [2.05, 4.69) is 6.58 Å². The molecule has 0 aromatic carbocycles. The molecule has 0 aliphatic heterocycles. The fourth-order valence-corrected chi connectivity index (χ4v) is 1.35. The van der Waals surface area contributed by atoms with E-state index < -0.39 is 0 Å². The summed E-state index contributed by atoms with van der Waals surface area (Å²) in [7, 11) is 0. The van der Waals surface area contributed by atoms with Gasteiger partial charge in [0.15, 0.2) is 0 Å². The highest BCUT2D eigenvalue weighted by molar-refractivity contribution is 5.13. The van der Waals surface area contributed by atoms with Crippen LogP contribution >= 0.6 is 0 Å². The lowest BCUT2D eigenvalue weighted by Crippen LogP contribution is -1.93. The molecular weight excluding hydrogens is 136 g/mol. The largest absolute Gasteiger partial charge is 0.389 e. The average Bonchev–Trinajstić information content (AvgIpc) is 2.31. The van der Waals surface area contributed by atoms with Crippen LogP contribution in [0.5, 0.6) is 0 Å². The Kier molecular flexibility index (Phi) is 2.89.